The van der Waals surface area contributed by atoms with Gasteiger partial charge in [0.15, 0.2) is 0 Å². The summed E-state index contributed by atoms with van der Waals surface area (Å²) < 4.78 is 14.6. The third-order valence-electron chi connectivity index (χ3n) is 4.65. The van der Waals surface area contributed by atoms with Gasteiger partial charge in [-0.2, -0.15) is 5.10 Å². The maximum atomic E-state index is 13.0. The molecule has 3 aromatic rings. The van der Waals surface area contributed by atoms with E-state index in [0.29, 0.717) is 13.0 Å². The molecule has 1 atom stereocenters. The Bertz CT molecular complexity index is 974. The van der Waals surface area contributed by atoms with E-state index in [2.05, 4.69) is 26.0 Å². The Morgan fingerprint density at radius 2 is 1.65 bits per heavy atom. The van der Waals surface area contributed by atoms with E-state index in [-0.39, 0.29) is 18.3 Å². The van der Waals surface area contributed by atoms with Gasteiger partial charge in [-0.25, -0.2) is 18.9 Å². The van der Waals surface area contributed by atoms with Crippen molar-refractivity contribution in [2.24, 2.45) is 0 Å². The first-order valence-corrected chi connectivity index (χ1v) is 10.1. The molecule has 31 heavy (non-hydrogen) atoms. The summed E-state index contributed by atoms with van der Waals surface area (Å²) in [5.74, 6) is -0.583. The van der Waals surface area contributed by atoms with Gasteiger partial charge in [0.1, 0.15) is 24.5 Å². The maximum Gasteiger partial charge on any atom is 0.315 e. The van der Waals surface area contributed by atoms with Crippen molar-refractivity contribution < 1.29 is 14.0 Å². The average molecular weight is 424 g/mol. The summed E-state index contributed by atoms with van der Waals surface area (Å²) in [5.41, 5.74) is 2.56. The standard InChI is InChI=1S/C22H25FN6O2/c1-2-3-20(28-22(31)26-13-16-4-8-18(23)9-5-16)21(30)25-12-17-6-10-19(11-7-17)29-15-24-14-27-29/h4-11,14-15,20H,2-3,12-13H2,1H3,(H,25,30)(H2,26,28,31). The van der Waals surface area contributed by atoms with Gasteiger partial charge >= 0.3 is 6.03 Å². The highest BCUT2D eigenvalue weighted by Crippen LogP contribution is 2.08. The van der Waals surface area contributed by atoms with Gasteiger partial charge < -0.3 is 16.0 Å². The summed E-state index contributed by atoms with van der Waals surface area (Å²) in [5, 5.41) is 12.3. The number of amides is 3. The fourth-order valence-corrected chi connectivity index (χ4v) is 2.97. The van der Waals surface area contributed by atoms with Gasteiger partial charge in [-0.05, 0) is 41.8 Å². The van der Waals surface area contributed by atoms with Crippen LogP contribution < -0.4 is 16.0 Å². The zero-order chi connectivity index (χ0) is 22.1. The third kappa shape index (κ3) is 6.63. The number of carbonyl (C=O) groups is 2. The highest BCUT2D eigenvalue weighted by molar-refractivity contribution is 5.86. The van der Waals surface area contributed by atoms with Crippen LogP contribution in [0, 0.1) is 5.82 Å². The van der Waals surface area contributed by atoms with Crippen molar-refractivity contribution in [1.82, 2.24) is 30.7 Å². The largest absolute Gasteiger partial charge is 0.350 e. The molecular weight excluding hydrogens is 399 g/mol. The van der Waals surface area contributed by atoms with Crippen LogP contribution in [0.4, 0.5) is 9.18 Å². The molecule has 0 bridgehead atoms. The smallest absolute Gasteiger partial charge is 0.315 e. The van der Waals surface area contributed by atoms with Gasteiger partial charge in [-0.3, -0.25) is 4.79 Å². The van der Waals surface area contributed by atoms with Crippen molar-refractivity contribution in [2.75, 3.05) is 0 Å². The Hall–Kier alpha value is -3.75. The Kier molecular flexibility index (Phi) is 7.69. The normalized spacial score (nSPS) is 11.5. The van der Waals surface area contributed by atoms with Crippen molar-refractivity contribution in [3.63, 3.8) is 0 Å². The summed E-state index contributed by atoms with van der Waals surface area (Å²) in [7, 11) is 0. The number of urea groups is 1. The Morgan fingerprint density at radius 3 is 2.26 bits per heavy atom. The number of halogens is 1. The lowest BCUT2D eigenvalue weighted by Gasteiger charge is -2.18. The topological polar surface area (TPSA) is 101 Å². The van der Waals surface area contributed by atoms with E-state index in [4.69, 9.17) is 0 Å². The first kappa shape index (κ1) is 21.9. The van der Waals surface area contributed by atoms with Gasteiger partial charge in [0.25, 0.3) is 0 Å². The van der Waals surface area contributed by atoms with Gasteiger partial charge in [-0.15, -0.1) is 0 Å². The van der Waals surface area contributed by atoms with E-state index in [0.717, 1.165) is 23.2 Å². The summed E-state index contributed by atoms with van der Waals surface area (Å²) in [6.45, 7) is 2.53. The van der Waals surface area contributed by atoms with Crippen molar-refractivity contribution in [3.8, 4) is 5.69 Å². The van der Waals surface area contributed by atoms with Crippen molar-refractivity contribution in [3.05, 3.63) is 78.1 Å². The average Bonchev–Trinajstić information content (AvgIpc) is 3.32. The van der Waals surface area contributed by atoms with Crippen LogP contribution in [0.2, 0.25) is 0 Å². The second kappa shape index (κ2) is 10.9. The van der Waals surface area contributed by atoms with Crippen LogP contribution >= 0.6 is 0 Å². The molecule has 9 heteroatoms. The van der Waals surface area contributed by atoms with E-state index >= 15 is 0 Å². The molecule has 0 aliphatic heterocycles. The number of hydrogen-bond acceptors (Lipinski definition) is 4. The Morgan fingerprint density at radius 1 is 1.00 bits per heavy atom. The van der Waals surface area contributed by atoms with Crippen LogP contribution in [-0.4, -0.2) is 32.7 Å². The molecular formula is C22H25FN6O2. The molecule has 1 unspecified atom stereocenters. The van der Waals surface area contributed by atoms with Gasteiger partial charge in [-0.1, -0.05) is 37.6 Å². The molecule has 162 valence electrons. The van der Waals surface area contributed by atoms with Crippen molar-refractivity contribution in [2.45, 2.75) is 38.9 Å². The lowest BCUT2D eigenvalue weighted by Crippen LogP contribution is -2.49. The lowest BCUT2D eigenvalue weighted by molar-refractivity contribution is -0.123. The maximum absolute atomic E-state index is 13.0. The highest BCUT2D eigenvalue weighted by atomic mass is 19.1. The minimum atomic E-state index is -0.646. The van der Waals surface area contributed by atoms with Crippen molar-refractivity contribution in [1.29, 1.82) is 0 Å². The number of hydrogen-bond donors (Lipinski definition) is 3. The zero-order valence-electron chi connectivity index (χ0n) is 17.2. The van der Waals surface area contributed by atoms with E-state index in [1.807, 2.05) is 31.2 Å². The van der Waals surface area contributed by atoms with E-state index in [1.54, 1.807) is 23.1 Å². The first-order valence-electron chi connectivity index (χ1n) is 10.1. The first-order chi connectivity index (χ1) is 15.0. The molecule has 0 radical (unpaired) electrons. The SMILES string of the molecule is CCCC(NC(=O)NCc1ccc(F)cc1)C(=O)NCc1ccc(-n2cncn2)cc1. The highest BCUT2D eigenvalue weighted by Gasteiger charge is 2.19. The summed E-state index contributed by atoms with van der Waals surface area (Å²) in [4.78, 5) is 28.7. The Labute approximate surface area is 179 Å². The fraction of sp³-hybridized carbons (Fsp3) is 0.273. The van der Waals surface area contributed by atoms with Gasteiger partial charge in [0.2, 0.25) is 5.91 Å². The molecule has 3 amide bonds. The van der Waals surface area contributed by atoms with E-state index < -0.39 is 12.1 Å². The third-order valence-corrected chi connectivity index (χ3v) is 4.65. The monoisotopic (exact) mass is 424 g/mol. The second-order valence-corrected chi connectivity index (χ2v) is 7.02. The molecule has 1 aromatic heterocycles. The molecule has 0 aliphatic rings. The van der Waals surface area contributed by atoms with Crippen LogP contribution in [0.15, 0.2) is 61.2 Å². The zero-order valence-corrected chi connectivity index (χ0v) is 17.2. The number of benzene rings is 2. The molecule has 0 saturated heterocycles. The molecule has 8 nitrogen and oxygen atoms in total. The van der Waals surface area contributed by atoms with Crippen LogP contribution in [0.25, 0.3) is 5.69 Å². The van der Waals surface area contributed by atoms with E-state index in [1.165, 1.54) is 18.5 Å². The Balaban J connectivity index is 1.48. The molecule has 0 fully saturated rings. The minimum absolute atomic E-state index is 0.241. The minimum Gasteiger partial charge on any atom is -0.350 e. The number of rotatable bonds is 9. The second-order valence-electron chi connectivity index (χ2n) is 7.02. The number of nitrogens with one attached hydrogen (secondary N) is 3. The summed E-state index contributed by atoms with van der Waals surface area (Å²) >= 11 is 0. The molecule has 0 spiro atoms. The van der Waals surface area contributed by atoms with Crippen LogP contribution in [0.3, 0.4) is 0 Å². The molecule has 3 rings (SSSR count). The quantitative estimate of drug-likeness (QED) is 0.492. The molecule has 1 heterocycles. The summed E-state index contributed by atoms with van der Waals surface area (Å²) in [6.07, 6.45) is 4.33. The van der Waals surface area contributed by atoms with Gasteiger partial charge in [0.05, 0.1) is 5.69 Å². The molecule has 0 aliphatic carbocycles. The summed E-state index contributed by atoms with van der Waals surface area (Å²) in [6, 6.07) is 12.3. The van der Waals surface area contributed by atoms with Crippen molar-refractivity contribution >= 4 is 11.9 Å². The molecule has 0 saturated carbocycles. The molecule has 2 aromatic carbocycles. The van der Waals surface area contributed by atoms with Gasteiger partial charge in [0, 0.05) is 13.1 Å². The van der Waals surface area contributed by atoms with Crippen LogP contribution in [-0.2, 0) is 17.9 Å². The lowest BCUT2D eigenvalue weighted by atomic mass is 10.1. The number of aromatic nitrogens is 3. The fourth-order valence-electron chi connectivity index (χ4n) is 2.97. The predicted octanol–water partition coefficient (Wildman–Crippen LogP) is 2.69. The molecule has 3 N–H and O–H groups in total. The predicted molar refractivity (Wildman–Crippen MR) is 114 cm³/mol. The van der Waals surface area contributed by atoms with Crippen LogP contribution in [0.5, 0.6) is 0 Å². The van der Waals surface area contributed by atoms with Crippen LogP contribution in [0.1, 0.15) is 30.9 Å². The number of nitrogens with zero attached hydrogens (tertiary/aromatic N) is 3. The van der Waals surface area contributed by atoms with E-state index in [9.17, 15) is 14.0 Å². The number of carbonyl (C=O) groups excluding carboxylic acids is 2.